The summed E-state index contributed by atoms with van der Waals surface area (Å²) in [7, 11) is 0. The van der Waals surface area contributed by atoms with E-state index in [-0.39, 0.29) is 23.9 Å². The molecule has 1 aromatic rings. The summed E-state index contributed by atoms with van der Waals surface area (Å²) in [5, 5.41) is 20.4. The van der Waals surface area contributed by atoms with Crippen LogP contribution < -0.4 is 0 Å². The molecule has 6 nitrogen and oxygen atoms in total. The van der Waals surface area contributed by atoms with E-state index in [0.29, 0.717) is 18.7 Å². The number of carbonyl (C=O) groups excluding carboxylic acids is 1. The Labute approximate surface area is 117 Å². The molecule has 6 heteroatoms. The first-order valence-corrected chi connectivity index (χ1v) is 6.67. The summed E-state index contributed by atoms with van der Waals surface area (Å²) in [4.78, 5) is 24.3. The number of aliphatic hydroxyl groups is 1. The number of rotatable bonds is 4. The van der Waals surface area contributed by atoms with Crippen molar-refractivity contribution in [2.45, 2.75) is 25.9 Å². The molecule has 1 heterocycles. The second kappa shape index (κ2) is 6.00. The fraction of sp³-hybridized carbons (Fsp3) is 0.500. The van der Waals surface area contributed by atoms with Crippen molar-refractivity contribution >= 4 is 11.6 Å². The van der Waals surface area contributed by atoms with Gasteiger partial charge in [-0.15, -0.1) is 0 Å². The van der Waals surface area contributed by atoms with Crippen molar-refractivity contribution in [3.8, 4) is 0 Å². The molecule has 0 bridgehead atoms. The molecule has 1 amide bonds. The van der Waals surface area contributed by atoms with Gasteiger partial charge < -0.3 is 10.0 Å². The van der Waals surface area contributed by atoms with E-state index in [4.69, 9.17) is 0 Å². The lowest BCUT2D eigenvalue weighted by Crippen LogP contribution is -2.31. The van der Waals surface area contributed by atoms with E-state index in [0.717, 1.165) is 6.42 Å². The second-order valence-electron chi connectivity index (χ2n) is 5.19. The van der Waals surface area contributed by atoms with Gasteiger partial charge in [0, 0.05) is 30.6 Å². The van der Waals surface area contributed by atoms with Crippen molar-refractivity contribution in [3.05, 3.63) is 39.9 Å². The smallest absolute Gasteiger partial charge is 0.273 e. The monoisotopic (exact) mass is 278 g/mol. The van der Waals surface area contributed by atoms with Gasteiger partial charge in [-0.1, -0.05) is 18.2 Å². The highest BCUT2D eigenvalue weighted by atomic mass is 16.6. The predicted octanol–water partition coefficient (Wildman–Crippen LogP) is 1.37. The fourth-order valence-corrected chi connectivity index (χ4v) is 2.52. The number of para-hydroxylation sites is 1. The molecule has 1 N–H and O–H groups in total. The Kier molecular flexibility index (Phi) is 4.34. The summed E-state index contributed by atoms with van der Waals surface area (Å²) in [5.41, 5.74) is 0.412. The lowest BCUT2D eigenvalue weighted by molar-refractivity contribution is -0.385. The van der Waals surface area contributed by atoms with E-state index < -0.39 is 11.0 Å². The third-order valence-electron chi connectivity index (χ3n) is 3.79. The number of hydrogen-bond donors (Lipinski definition) is 1. The van der Waals surface area contributed by atoms with Gasteiger partial charge in [0.05, 0.1) is 17.4 Å². The van der Waals surface area contributed by atoms with Crippen LogP contribution in [0.3, 0.4) is 0 Å². The highest BCUT2D eigenvalue weighted by Crippen LogP contribution is 2.23. The molecular weight excluding hydrogens is 260 g/mol. The third-order valence-corrected chi connectivity index (χ3v) is 3.79. The average molecular weight is 278 g/mol. The summed E-state index contributed by atoms with van der Waals surface area (Å²) in [6.07, 6.45) is 0.378. The largest absolute Gasteiger partial charge is 0.393 e. The Hall–Kier alpha value is -1.95. The van der Waals surface area contributed by atoms with Crippen LogP contribution in [0.4, 0.5) is 5.69 Å². The highest BCUT2D eigenvalue weighted by Gasteiger charge is 2.29. The van der Waals surface area contributed by atoms with Crippen molar-refractivity contribution in [2.75, 3.05) is 13.1 Å². The molecule has 0 spiro atoms. The zero-order chi connectivity index (χ0) is 14.7. The number of nitro groups is 1. The molecule has 2 rings (SSSR count). The highest BCUT2D eigenvalue weighted by molar-refractivity contribution is 5.80. The van der Waals surface area contributed by atoms with Crippen molar-refractivity contribution in [1.82, 2.24) is 4.90 Å². The summed E-state index contributed by atoms with van der Waals surface area (Å²) in [6.45, 7) is 2.85. The van der Waals surface area contributed by atoms with Crippen LogP contribution in [0.1, 0.15) is 18.9 Å². The van der Waals surface area contributed by atoms with Gasteiger partial charge in [0.25, 0.3) is 5.69 Å². The van der Waals surface area contributed by atoms with E-state index in [1.165, 1.54) is 6.07 Å². The Morgan fingerprint density at radius 3 is 2.85 bits per heavy atom. The normalized spacial score (nSPS) is 19.9. The molecule has 20 heavy (non-hydrogen) atoms. The lowest BCUT2D eigenvalue weighted by Gasteiger charge is -2.17. The van der Waals surface area contributed by atoms with Crippen molar-refractivity contribution in [3.63, 3.8) is 0 Å². The Morgan fingerprint density at radius 1 is 1.55 bits per heavy atom. The van der Waals surface area contributed by atoms with Crippen molar-refractivity contribution in [1.29, 1.82) is 0 Å². The predicted molar refractivity (Wildman–Crippen MR) is 73.2 cm³/mol. The van der Waals surface area contributed by atoms with Gasteiger partial charge in [-0.3, -0.25) is 14.9 Å². The number of carbonyl (C=O) groups is 1. The van der Waals surface area contributed by atoms with E-state index in [2.05, 4.69) is 0 Å². The van der Waals surface area contributed by atoms with Crippen LogP contribution in [-0.4, -0.2) is 40.0 Å². The van der Waals surface area contributed by atoms with Gasteiger partial charge in [0.2, 0.25) is 5.91 Å². The maximum absolute atomic E-state index is 12.2. The number of benzene rings is 1. The third kappa shape index (κ3) is 3.14. The van der Waals surface area contributed by atoms with Crippen molar-refractivity contribution < 1.29 is 14.8 Å². The maximum atomic E-state index is 12.2. The zero-order valence-corrected chi connectivity index (χ0v) is 11.4. The van der Waals surface area contributed by atoms with Crippen molar-refractivity contribution in [2.24, 2.45) is 5.92 Å². The molecule has 1 saturated heterocycles. The summed E-state index contributed by atoms with van der Waals surface area (Å²) >= 11 is 0. The minimum atomic E-state index is -0.467. The fourth-order valence-electron chi connectivity index (χ4n) is 2.52. The molecular formula is C14H18N2O4. The van der Waals surface area contributed by atoms with E-state index >= 15 is 0 Å². The van der Waals surface area contributed by atoms with E-state index in [1.807, 2.05) is 0 Å². The van der Waals surface area contributed by atoms with E-state index in [1.54, 1.807) is 30.0 Å². The molecule has 0 aromatic heterocycles. The first-order chi connectivity index (χ1) is 9.49. The quantitative estimate of drug-likeness (QED) is 0.666. The van der Waals surface area contributed by atoms with Crippen LogP contribution in [0.5, 0.6) is 0 Å². The molecule has 108 valence electrons. The standard InChI is InChI=1S/C14H18N2O4/c1-10(17)12-6-7-15(9-12)14(18)8-11-4-2-3-5-13(11)16(19)20/h2-5,10,12,17H,6-9H2,1H3. The summed E-state index contributed by atoms with van der Waals surface area (Å²) in [6, 6.07) is 6.30. The number of nitrogens with zero attached hydrogens (tertiary/aromatic N) is 2. The molecule has 2 atom stereocenters. The van der Waals surface area contributed by atoms with Gasteiger partial charge in [0.1, 0.15) is 0 Å². The van der Waals surface area contributed by atoms with Gasteiger partial charge in [-0.2, -0.15) is 0 Å². The minimum absolute atomic E-state index is 0.0212. The molecule has 1 aliphatic heterocycles. The van der Waals surface area contributed by atoms with Crippen LogP contribution in [0, 0.1) is 16.0 Å². The first-order valence-electron chi connectivity index (χ1n) is 6.67. The van der Waals surface area contributed by atoms with Crippen LogP contribution in [0.15, 0.2) is 24.3 Å². The molecule has 1 aliphatic rings. The van der Waals surface area contributed by atoms with Crippen LogP contribution >= 0.6 is 0 Å². The van der Waals surface area contributed by atoms with Crippen LogP contribution in [-0.2, 0) is 11.2 Å². The van der Waals surface area contributed by atoms with Gasteiger partial charge in [-0.05, 0) is 13.3 Å². The van der Waals surface area contributed by atoms with Gasteiger partial charge in [-0.25, -0.2) is 0 Å². The molecule has 1 aromatic carbocycles. The SMILES string of the molecule is CC(O)C1CCN(C(=O)Cc2ccccc2[N+](=O)[O-])C1. The van der Waals surface area contributed by atoms with Crippen LogP contribution in [0.25, 0.3) is 0 Å². The Bertz CT molecular complexity index is 516. The number of nitro benzene ring substituents is 1. The second-order valence-corrected chi connectivity index (χ2v) is 5.19. The lowest BCUT2D eigenvalue weighted by atomic mass is 10.0. The van der Waals surface area contributed by atoms with Crippen LogP contribution in [0.2, 0.25) is 0 Å². The number of likely N-dealkylation sites (tertiary alicyclic amines) is 1. The van der Waals surface area contributed by atoms with Gasteiger partial charge in [0.15, 0.2) is 0 Å². The Morgan fingerprint density at radius 2 is 2.25 bits per heavy atom. The molecule has 2 unspecified atom stereocenters. The maximum Gasteiger partial charge on any atom is 0.273 e. The number of amides is 1. The topological polar surface area (TPSA) is 83.7 Å². The number of hydrogen-bond acceptors (Lipinski definition) is 4. The molecule has 0 saturated carbocycles. The molecule has 0 aliphatic carbocycles. The summed E-state index contributed by atoms with van der Waals surface area (Å²) < 4.78 is 0. The van der Waals surface area contributed by atoms with Gasteiger partial charge >= 0.3 is 0 Å². The minimum Gasteiger partial charge on any atom is -0.393 e. The van der Waals surface area contributed by atoms with E-state index in [9.17, 15) is 20.0 Å². The zero-order valence-electron chi connectivity index (χ0n) is 11.4. The molecule has 0 radical (unpaired) electrons. The Balaban J connectivity index is 2.04. The first kappa shape index (κ1) is 14.5. The molecule has 1 fully saturated rings. The number of aliphatic hydroxyl groups excluding tert-OH is 1. The summed E-state index contributed by atoms with van der Waals surface area (Å²) in [5.74, 6) is -0.0211. The average Bonchev–Trinajstić information content (AvgIpc) is 2.89.